The third kappa shape index (κ3) is 2.73. The van der Waals surface area contributed by atoms with Crippen LogP contribution in [0.15, 0.2) is 36.9 Å². The molecule has 0 spiro atoms. The van der Waals surface area contributed by atoms with Gasteiger partial charge in [-0.2, -0.15) is 0 Å². The summed E-state index contributed by atoms with van der Waals surface area (Å²) >= 11 is 0. The van der Waals surface area contributed by atoms with Crippen LogP contribution in [-0.2, 0) is 10.3 Å². The monoisotopic (exact) mass is 351 g/mol. The van der Waals surface area contributed by atoms with Crippen LogP contribution >= 0.6 is 0 Å². The zero-order valence-corrected chi connectivity index (χ0v) is 16.0. The van der Waals surface area contributed by atoms with E-state index in [0.717, 1.165) is 21.9 Å². The molecule has 0 aliphatic heterocycles. The zero-order chi connectivity index (χ0) is 19.2. The van der Waals surface area contributed by atoms with Crippen molar-refractivity contribution in [2.75, 3.05) is 11.4 Å². The summed E-state index contributed by atoms with van der Waals surface area (Å²) in [6, 6.07) is 8.00. The minimum Gasteiger partial charge on any atom is -0.493 e. The van der Waals surface area contributed by atoms with E-state index in [-0.39, 0.29) is 11.8 Å². The minimum atomic E-state index is -0.402. The van der Waals surface area contributed by atoms with Crippen LogP contribution in [0.4, 0.5) is 5.69 Å². The van der Waals surface area contributed by atoms with E-state index >= 15 is 0 Å². The van der Waals surface area contributed by atoms with Crippen LogP contribution in [0.3, 0.4) is 0 Å². The van der Waals surface area contributed by atoms with Crippen molar-refractivity contribution in [1.29, 1.82) is 0 Å². The Morgan fingerprint density at radius 2 is 2.08 bits per heavy atom. The summed E-state index contributed by atoms with van der Waals surface area (Å²) in [7, 11) is 0. The topological polar surface area (TPSA) is 58.4 Å². The number of benzene rings is 1. The van der Waals surface area contributed by atoms with Gasteiger partial charge in [-0.1, -0.05) is 24.3 Å². The number of carbonyl (C=O) groups excluding carboxylic acids is 1. The molecule has 5 nitrogen and oxygen atoms in total. The van der Waals surface area contributed by atoms with Gasteiger partial charge in [-0.15, -0.1) is 6.58 Å². The standard InChI is InChI=1S/C21H25N3O2/c1-7-11-23(14(3)25)18-16-12-15-10-8-9-13(2)17(15)22-19(16)24(20(18)26)21(4,5)6/h7-10,12,26H,1,11H2,2-6H3. The fourth-order valence-electron chi connectivity index (χ4n) is 3.42. The van der Waals surface area contributed by atoms with Crippen LogP contribution in [0.2, 0.25) is 0 Å². The lowest BCUT2D eigenvalue weighted by Crippen LogP contribution is -2.28. The van der Waals surface area contributed by atoms with E-state index < -0.39 is 5.54 Å². The first-order chi connectivity index (χ1) is 12.2. The highest BCUT2D eigenvalue weighted by Crippen LogP contribution is 2.43. The predicted octanol–water partition coefficient (Wildman–Crippen LogP) is 4.50. The third-order valence-corrected chi connectivity index (χ3v) is 4.55. The SMILES string of the molecule is C=CCN(C(C)=O)c1c(O)n(C(C)(C)C)c2nc3c(C)cccc3cc12. The molecule has 2 heterocycles. The number of anilines is 1. The lowest BCUT2D eigenvalue weighted by atomic mass is 10.1. The Bertz CT molecular complexity index is 1030. The minimum absolute atomic E-state index is 0.0463. The molecule has 0 saturated carbocycles. The summed E-state index contributed by atoms with van der Waals surface area (Å²) in [5, 5.41) is 12.8. The number of pyridine rings is 1. The number of hydrogen-bond donors (Lipinski definition) is 1. The Balaban J connectivity index is 2.50. The van der Waals surface area contributed by atoms with Gasteiger partial charge in [-0.25, -0.2) is 4.98 Å². The van der Waals surface area contributed by atoms with E-state index in [1.165, 1.54) is 11.8 Å². The molecule has 1 N–H and O–H groups in total. The maximum Gasteiger partial charge on any atom is 0.224 e. The molecule has 0 bridgehead atoms. The van der Waals surface area contributed by atoms with Crippen LogP contribution < -0.4 is 4.90 Å². The predicted molar refractivity (Wildman–Crippen MR) is 107 cm³/mol. The molecule has 0 aliphatic carbocycles. The lowest BCUT2D eigenvalue weighted by molar-refractivity contribution is -0.116. The fourth-order valence-corrected chi connectivity index (χ4v) is 3.42. The average Bonchev–Trinajstić information content (AvgIpc) is 2.82. The molecule has 1 aromatic carbocycles. The first-order valence-corrected chi connectivity index (χ1v) is 8.70. The number of hydrogen-bond acceptors (Lipinski definition) is 3. The van der Waals surface area contributed by atoms with E-state index in [4.69, 9.17) is 4.98 Å². The summed E-state index contributed by atoms with van der Waals surface area (Å²) in [4.78, 5) is 18.6. The van der Waals surface area contributed by atoms with Gasteiger partial charge < -0.3 is 10.0 Å². The number of aryl methyl sites for hydroxylation is 1. The maximum absolute atomic E-state index is 12.2. The first-order valence-electron chi connectivity index (χ1n) is 8.70. The quantitative estimate of drug-likeness (QED) is 0.707. The third-order valence-electron chi connectivity index (χ3n) is 4.55. The van der Waals surface area contributed by atoms with E-state index in [0.29, 0.717) is 17.9 Å². The van der Waals surface area contributed by atoms with E-state index in [9.17, 15) is 9.90 Å². The number of aromatic nitrogens is 2. The Labute approximate surface area is 153 Å². The summed E-state index contributed by atoms with van der Waals surface area (Å²) in [5.41, 5.74) is 2.72. The Morgan fingerprint density at radius 1 is 1.38 bits per heavy atom. The van der Waals surface area contributed by atoms with Crippen molar-refractivity contribution in [2.45, 2.75) is 40.2 Å². The van der Waals surface area contributed by atoms with Crippen LogP contribution in [0.5, 0.6) is 5.88 Å². The van der Waals surface area contributed by atoms with E-state index in [2.05, 4.69) is 6.58 Å². The number of rotatable bonds is 3. The van der Waals surface area contributed by atoms with E-state index in [1.807, 2.05) is 52.0 Å². The summed E-state index contributed by atoms with van der Waals surface area (Å²) in [6.45, 7) is 13.6. The molecular weight excluding hydrogens is 326 g/mol. The molecule has 1 amide bonds. The molecule has 3 rings (SSSR count). The highest BCUT2D eigenvalue weighted by molar-refractivity contribution is 6.08. The summed E-state index contributed by atoms with van der Waals surface area (Å²) in [6.07, 6.45) is 1.65. The smallest absolute Gasteiger partial charge is 0.224 e. The second-order valence-electron chi connectivity index (χ2n) is 7.60. The summed E-state index contributed by atoms with van der Waals surface area (Å²) in [5.74, 6) is -0.109. The van der Waals surface area contributed by atoms with Gasteiger partial charge in [0.2, 0.25) is 11.8 Å². The molecule has 26 heavy (non-hydrogen) atoms. The van der Waals surface area contributed by atoms with Gasteiger partial charge in [-0.05, 0) is 39.3 Å². The van der Waals surface area contributed by atoms with Crippen LogP contribution in [-0.4, -0.2) is 27.1 Å². The van der Waals surface area contributed by atoms with Crippen molar-refractivity contribution in [1.82, 2.24) is 9.55 Å². The van der Waals surface area contributed by atoms with Crippen molar-refractivity contribution >= 4 is 33.5 Å². The van der Waals surface area contributed by atoms with Crippen molar-refractivity contribution in [2.24, 2.45) is 0 Å². The molecule has 0 fully saturated rings. The first kappa shape index (κ1) is 18.0. The van der Waals surface area contributed by atoms with Gasteiger partial charge in [0.25, 0.3) is 0 Å². The van der Waals surface area contributed by atoms with Crippen molar-refractivity contribution in [3.05, 3.63) is 42.5 Å². The second kappa shape index (κ2) is 6.16. The van der Waals surface area contributed by atoms with Crippen molar-refractivity contribution < 1.29 is 9.90 Å². The Hall–Kier alpha value is -2.82. The maximum atomic E-state index is 12.2. The second-order valence-corrected chi connectivity index (χ2v) is 7.60. The van der Waals surface area contributed by atoms with Crippen LogP contribution in [0.1, 0.15) is 33.3 Å². The van der Waals surface area contributed by atoms with Crippen LogP contribution in [0, 0.1) is 6.92 Å². The average molecular weight is 351 g/mol. The molecule has 0 aliphatic rings. The number of para-hydroxylation sites is 1. The molecule has 5 heteroatoms. The largest absolute Gasteiger partial charge is 0.493 e. The molecule has 2 aromatic heterocycles. The number of aromatic hydroxyl groups is 1. The molecule has 0 unspecified atom stereocenters. The number of nitrogens with zero attached hydrogens (tertiary/aromatic N) is 3. The molecular formula is C21H25N3O2. The van der Waals surface area contributed by atoms with Gasteiger partial charge in [0.05, 0.1) is 5.52 Å². The van der Waals surface area contributed by atoms with Gasteiger partial charge in [-0.3, -0.25) is 9.36 Å². The fraction of sp³-hybridized carbons (Fsp3) is 0.333. The van der Waals surface area contributed by atoms with Gasteiger partial charge in [0.15, 0.2) is 0 Å². The van der Waals surface area contributed by atoms with E-state index in [1.54, 1.807) is 10.6 Å². The molecule has 0 radical (unpaired) electrons. The highest BCUT2D eigenvalue weighted by Gasteiger charge is 2.29. The molecule has 136 valence electrons. The summed E-state index contributed by atoms with van der Waals surface area (Å²) < 4.78 is 1.79. The van der Waals surface area contributed by atoms with Crippen molar-refractivity contribution in [3.8, 4) is 5.88 Å². The van der Waals surface area contributed by atoms with Crippen LogP contribution in [0.25, 0.3) is 21.9 Å². The molecule has 3 aromatic rings. The number of fused-ring (bicyclic) bond motifs is 2. The number of amides is 1. The van der Waals surface area contributed by atoms with Gasteiger partial charge in [0.1, 0.15) is 11.3 Å². The van der Waals surface area contributed by atoms with Crippen molar-refractivity contribution in [3.63, 3.8) is 0 Å². The Kier molecular flexibility index (Phi) is 4.26. The van der Waals surface area contributed by atoms with Gasteiger partial charge in [0, 0.05) is 29.8 Å². The highest BCUT2D eigenvalue weighted by atomic mass is 16.3. The zero-order valence-electron chi connectivity index (χ0n) is 16.0. The normalized spacial score (nSPS) is 11.9. The molecule has 0 saturated heterocycles. The Morgan fingerprint density at radius 3 is 2.65 bits per heavy atom. The van der Waals surface area contributed by atoms with Gasteiger partial charge >= 0.3 is 0 Å². The lowest BCUT2D eigenvalue weighted by Gasteiger charge is -2.24. The number of carbonyl (C=O) groups is 1. The molecule has 0 atom stereocenters.